The zero-order valence-electron chi connectivity index (χ0n) is 19.6. The molecule has 2 atom stereocenters. The highest BCUT2D eigenvalue weighted by atomic mass is 16.5. The maximum atomic E-state index is 5.88. The number of nitrogens with zero attached hydrogens (tertiary/aromatic N) is 3. The van der Waals surface area contributed by atoms with Crippen LogP contribution >= 0.6 is 0 Å². The predicted molar refractivity (Wildman–Crippen MR) is 131 cm³/mol. The Balaban J connectivity index is 1.32. The van der Waals surface area contributed by atoms with Gasteiger partial charge < -0.3 is 19.8 Å². The minimum atomic E-state index is 0.265. The molecule has 1 fully saturated rings. The number of ether oxygens (including phenoxy) is 1. The van der Waals surface area contributed by atoms with E-state index in [0.29, 0.717) is 19.0 Å². The number of rotatable bonds is 7. The van der Waals surface area contributed by atoms with E-state index in [-0.39, 0.29) is 12.2 Å². The van der Waals surface area contributed by atoms with E-state index < -0.39 is 0 Å². The van der Waals surface area contributed by atoms with Crippen molar-refractivity contribution in [2.45, 2.75) is 45.7 Å². The second-order valence-electron chi connectivity index (χ2n) is 8.51. The van der Waals surface area contributed by atoms with E-state index in [1.165, 1.54) is 11.1 Å². The standard InChI is InChI=1S/C26H33N5O2/c1-19-15-31(16-20(2)33-19)17-23-12-8-7-11-22(23)13-28-26(27-3)29-14-24-18-32-25(30-24)21-9-5-4-6-10-21/h4-12,18-20H,13-17H2,1-3H3,(H2,27,28,29). The van der Waals surface area contributed by atoms with E-state index in [4.69, 9.17) is 9.15 Å². The minimum absolute atomic E-state index is 0.265. The van der Waals surface area contributed by atoms with Crippen LogP contribution in [0.5, 0.6) is 0 Å². The average Bonchev–Trinajstić information content (AvgIpc) is 3.29. The molecule has 1 aliphatic rings. The molecule has 0 radical (unpaired) electrons. The van der Waals surface area contributed by atoms with E-state index in [1.54, 1.807) is 13.3 Å². The molecule has 0 spiro atoms. The number of morpholine rings is 1. The molecule has 174 valence electrons. The van der Waals surface area contributed by atoms with E-state index >= 15 is 0 Å². The van der Waals surface area contributed by atoms with Crippen LogP contribution in [0, 0.1) is 0 Å². The second-order valence-corrected chi connectivity index (χ2v) is 8.51. The SMILES string of the molecule is CN=C(NCc1coc(-c2ccccc2)n1)NCc1ccccc1CN1CC(C)OC(C)C1. The summed E-state index contributed by atoms with van der Waals surface area (Å²) in [6.45, 7) is 8.34. The van der Waals surface area contributed by atoms with Gasteiger partial charge in [-0.1, -0.05) is 42.5 Å². The fourth-order valence-electron chi connectivity index (χ4n) is 4.21. The van der Waals surface area contributed by atoms with Gasteiger partial charge in [-0.05, 0) is 37.1 Å². The first-order chi connectivity index (χ1) is 16.1. The van der Waals surface area contributed by atoms with Gasteiger partial charge in [-0.3, -0.25) is 9.89 Å². The molecule has 2 heterocycles. The lowest BCUT2D eigenvalue weighted by atomic mass is 10.1. The van der Waals surface area contributed by atoms with Crippen molar-refractivity contribution < 1.29 is 9.15 Å². The summed E-state index contributed by atoms with van der Waals surface area (Å²) >= 11 is 0. The zero-order chi connectivity index (χ0) is 23.0. The van der Waals surface area contributed by atoms with Crippen molar-refractivity contribution >= 4 is 5.96 Å². The summed E-state index contributed by atoms with van der Waals surface area (Å²) in [4.78, 5) is 11.4. The summed E-state index contributed by atoms with van der Waals surface area (Å²) in [6, 6.07) is 18.5. The van der Waals surface area contributed by atoms with Crippen LogP contribution < -0.4 is 10.6 Å². The van der Waals surface area contributed by atoms with Crippen LogP contribution in [0.3, 0.4) is 0 Å². The monoisotopic (exact) mass is 447 g/mol. The normalized spacial score (nSPS) is 19.4. The first kappa shape index (κ1) is 23.0. The van der Waals surface area contributed by atoms with Crippen LogP contribution in [0.15, 0.2) is 70.3 Å². The molecule has 4 rings (SSSR count). The Morgan fingerprint density at radius 3 is 2.36 bits per heavy atom. The zero-order valence-corrected chi connectivity index (χ0v) is 19.6. The fourth-order valence-corrected chi connectivity index (χ4v) is 4.21. The highest BCUT2D eigenvalue weighted by molar-refractivity contribution is 5.79. The third-order valence-corrected chi connectivity index (χ3v) is 5.69. The lowest BCUT2D eigenvalue weighted by molar-refractivity contribution is -0.0705. The molecule has 1 aliphatic heterocycles. The molecule has 33 heavy (non-hydrogen) atoms. The van der Waals surface area contributed by atoms with E-state index in [0.717, 1.165) is 36.9 Å². The smallest absolute Gasteiger partial charge is 0.226 e. The van der Waals surface area contributed by atoms with Gasteiger partial charge in [0.15, 0.2) is 5.96 Å². The van der Waals surface area contributed by atoms with Crippen LogP contribution in [-0.4, -0.2) is 48.2 Å². The van der Waals surface area contributed by atoms with Gasteiger partial charge in [0.2, 0.25) is 5.89 Å². The molecule has 0 saturated carbocycles. The van der Waals surface area contributed by atoms with E-state index in [1.807, 2.05) is 30.3 Å². The lowest BCUT2D eigenvalue weighted by Crippen LogP contribution is -2.45. The van der Waals surface area contributed by atoms with Crippen molar-refractivity contribution in [3.63, 3.8) is 0 Å². The Labute approximate surface area is 195 Å². The molecule has 2 unspecified atom stereocenters. The molecule has 0 amide bonds. The van der Waals surface area contributed by atoms with Gasteiger partial charge in [0.1, 0.15) is 6.26 Å². The molecule has 3 aromatic rings. The number of guanidine groups is 1. The average molecular weight is 448 g/mol. The molecule has 1 saturated heterocycles. The minimum Gasteiger partial charge on any atom is -0.444 e. The van der Waals surface area contributed by atoms with E-state index in [2.05, 4.69) is 63.6 Å². The van der Waals surface area contributed by atoms with Crippen LogP contribution in [-0.2, 0) is 24.4 Å². The quantitative estimate of drug-likeness (QED) is 0.424. The highest BCUT2D eigenvalue weighted by Crippen LogP contribution is 2.18. The molecule has 2 aromatic carbocycles. The number of hydrogen-bond donors (Lipinski definition) is 2. The van der Waals surface area contributed by atoms with Crippen molar-refractivity contribution in [2.75, 3.05) is 20.1 Å². The second kappa shape index (κ2) is 11.1. The summed E-state index contributed by atoms with van der Waals surface area (Å²) in [5.74, 6) is 1.35. The summed E-state index contributed by atoms with van der Waals surface area (Å²) in [5.41, 5.74) is 4.38. The highest BCUT2D eigenvalue weighted by Gasteiger charge is 2.22. The summed E-state index contributed by atoms with van der Waals surface area (Å²) < 4.78 is 11.5. The van der Waals surface area contributed by atoms with Crippen molar-refractivity contribution in [1.29, 1.82) is 0 Å². The van der Waals surface area contributed by atoms with Crippen molar-refractivity contribution in [1.82, 2.24) is 20.5 Å². The van der Waals surface area contributed by atoms with Crippen LogP contribution in [0.25, 0.3) is 11.5 Å². The van der Waals surface area contributed by atoms with Crippen LogP contribution in [0.4, 0.5) is 0 Å². The molecule has 7 heteroatoms. The van der Waals surface area contributed by atoms with E-state index in [9.17, 15) is 0 Å². The summed E-state index contributed by atoms with van der Waals surface area (Å²) in [6.07, 6.45) is 2.21. The van der Waals surface area contributed by atoms with Crippen molar-refractivity contribution in [3.05, 3.63) is 77.7 Å². The third-order valence-electron chi connectivity index (χ3n) is 5.69. The van der Waals surface area contributed by atoms with Crippen molar-refractivity contribution in [2.24, 2.45) is 4.99 Å². The van der Waals surface area contributed by atoms with Crippen LogP contribution in [0.2, 0.25) is 0 Å². The first-order valence-corrected chi connectivity index (χ1v) is 11.5. The number of nitrogens with one attached hydrogen (secondary N) is 2. The Bertz CT molecular complexity index is 1040. The molecule has 0 bridgehead atoms. The Morgan fingerprint density at radius 2 is 1.64 bits per heavy atom. The van der Waals surface area contributed by atoms with Gasteiger partial charge in [0, 0.05) is 38.8 Å². The van der Waals surface area contributed by atoms with Gasteiger partial charge in [-0.25, -0.2) is 4.98 Å². The number of benzene rings is 2. The molecular weight excluding hydrogens is 414 g/mol. The number of hydrogen-bond acceptors (Lipinski definition) is 5. The predicted octanol–water partition coefficient (Wildman–Crippen LogP) is 3.82. The number of aliphatic imine (C=N–C) groups is 1. The third kappa shape index (κ3) is 6.43. The fraction of sp³-hybridized carbons (Fsp3) is 0.385. The summed E-state index contributed by atoms with van der Waals surface area (Å²) in [5, 5.41) is 6.75. The van der Waals surface area contributed by atoms with Gasteiger partial charge in [0.25, 0.3) is 0 Å². The number of aromatic nitrogens is 1. The maximum absolute atomic E-state index is 5.88. The molecular formula is C26H33N5O2. The Kier molecular flexibility index (Phi) is 7.75. The Morgan fingerprint density at radius 1 is 0.970 bits per heavy atom. The van der Waals surface area contributed by atoms with Crippen LogP contribution in [0.1, 0.15) is 30.7 Å². The summed E-state index contributed by atoms with van der Waals surface area (Å²) in [7, 11) is 1.77. The van der Waals surface area contributed by atoms with Gasteiger partial charge in [-0.15, -0.1) is 0 Å². The van der Waals surface area contributed by atoms with Gasteiger partial charge in [0.05, 0.1) is 24.4 Å². The van der Waals surface area contributed by atoms with Crippen molar-refractivity contribution in [3.8, 4) is 11.5 Å². The number of oxazole rings is 1. The lowest BCUT2D eigenvalue weighted by Gasteiger charge is -2.35. The maximum Gasteiger partial charge on any atom is 0.226 e. The topological polar surface area (TPSA) is 74.9 Å². The molecule has 2 N–H and O–H groups in total. The largest absolute Gasteiger partial charge is 0.444 e. The first-order valence-electron chi connectivity index (χ1n) is 11.5. The molecule has 1 aromatic heterocycles. The van der Waals surface area contributed by atoms with Gasteiger partial charge >= 0.3 is 0 Å². The van der Waals surface area contributed by atoms with Gasteiger partial charge in [-0.2, -0.15) is 0 Å². The molecule has 0 aliphatic carbocycles. The Hall–Kier alpha value is -3.16. The molecule has 7 nitrogen and oxygen atoms in total.